The van der Waals surface area contributed by atoms with Crippen LogP contribution in [0.5, 0.6) is 0 Å². The fourth-order valence-electron chi connectivity index (χ4n) is 4.52. The number of carbonyl (C=O) groups is 2. The highest BCUT2D eigenvalue weighted by molar-refractivity contribution is 7.92. The largest absolute Gasteiger partial charge is 0.462 e. The minimum Gasteiger partial charge on any atom is -0.462 e. The molecule has 1 aromatic heterocycles. The molecule has 2 aromatic carbocycles. The fourth-order valence-corrected chi connectivity index (χ4v) is 7.11. The van der Waals surface area contributed by atoms with Crippen LogP contribution in [-0.2, 0) is 27.6 Å². The van der Waals surface area contributed by atoms with Gasteiger partial charge in [-0.15, -0.1) is 11.3 Å². The highest BCUT2D eigenvalue weighted by atomic mass is 32.2. The molecule has 9 heteroatoms. The van der Waals surface area contributed by atoms with Gasteiger partial charge in [-0.25, -0.2) is 13.2 Å². The topological polar surface area (TPSA) is 102 Å². The van der Waals surface area contributed by atoms with E-state index in [-0.39, 0.29) is 17.1 Å². The number of fused-ring (bicyclic) bond motifs is 1. The van der Waals surface area contributed by atoms with E-state index in [2.05, 4.69) is 10.0 Å². The lowest BCUT2D eigenvalue weighted by molar-refractivity contribution is 0.0526. The Balaban J connectivity index is 1.64. The number of ether oxygens (including phenoxy) is 1. The zero-order chi connectivity index (χ0) is 26.0. The first kappa shape index (κ1) is 25.9. The van der Waals surface area contributed by atoms with E-state index in [1.165, 1.54) is 17.4 Å². The van der Waals surface area contributed by atoms with Crippen LogP contribution in [0.25, 0.3) is 0 Å². The maximum atomic E-state index is 13.2. The number of hydrogen-bond donors (Lipinski definition) is 2. The first-order valence-corrected chi connectivity index (χ1v) is 14.2. The summed E-state index contributed by atoms with van der Waals surface area (Å²) >= 11 is 1.39. The second-order valence-electron chi connectivity index (χ2n) is 9.05. The molecule has 0 unspecified atom stereocenters. The second-order valence-corrected chi connectivity index (χ2v) is 11.8. The molecule has 1 aliphatic rings. The van der Waals surface area contributed by atoms with Gasteiger partial charge in [0.15, 0.2) is 0 Å². The summed E-state index contributed by atoms with van der Waals surface area (Å²) in [5, 5.41) is 3.30. The highest BCUT2D eigenvalue weighted by Crippen LogP contribution is 2.39. The summed E-state index contributed by atoms with van der Waals surface area (Å²) in [5.74, 6) is -0.931. The molecule has 1 aliphatic carbocycles. The highest BCUT2D eigenvalue weighted by Gasteiger charge is 2.28. The average molecular weight is 527 g/mol. The van der Waals surface area contributed by atoms with E-state index < -0.39 is 21.9 Å². The maximum Gasteiger partial charge on any atom is 0.341 e. The number of amides is 1. The SMILES string of the molecule is CCOC(=O)c1c(NC(=O)c2ccc(C)c(S(=O)(=O)Nc3cc(C)cc(C)c3)c2)sc2c1CCCC2. The molecular weight excluding hydrogens is 496 g/mol. The number of esters is 1. The van der Waals surface area contributed by atoms with E-state index in [1.54, 1.807) is 38.1 Å². The van der Waals surface area contributed by atoms with Crippen molar-refractivity contribution < 1.29 is 22.7 Å². The summed E-state index contributed by atoms with van der Waals surface area (Å²) in [5.41, 5.74) is 4.41. The second kappa shape index (κ2) is 10.4. The van der Waals surface area contributed by atoms with Crippen molar-refractivity contribution in [2.45, 2.75) is 58.3 Å². The molecule has 0 aliphatic heterocycles. The van der Waals surface area contributed by atoms with Gasteiger partial charge in [0, 0.05) is 16.1 Å². The van der Waals surface area contributed by atoms with Gasteiger partial charge in [0.05, 0.1) is 17.1 Å². The zero-order valence-electron chi connectivity index (χ0n) is 20.9. The Morgan fingerprint density at radius 1 is 1.00 bits per heavy atom. The van der Waals surface area contributed by atoms with Crippen molar-refractivity contribution in [3.63, 3.8) is 0 Å². The lowest BCUT2D eigenvalue weighted by atomic mass is 9.95. The molecule has 0 atom stereocenters. The number of hydrogen-bond acceptors (Lipinski definition) is 6. The summed E-state index contributed by atoms with van der Waals surface area (Å²) < 4.78 is 34.3. The van der Waals surface area contributed by atoms with Gasteiger partial charge in [-0.05, 0) is 99.9 Å². The summed E-state index contributed by atoms with van der Waals surface area (Å²) in [4.78, 5) is 27.0. The predicted molar refractivity (Wildman–Crippen MR) is 143 cm³/mol. The van der Waals surface area contributed by atoms with Gasteiger partial charge in [-0.3, -0.25) is 9.52 Å². The molecule has 190 valence electrons. The van der Waals surface area contributed by atoms with Crippen molar-refractivity contribution in [2.75, 3.05) is 16.6 Å². The maximum absolute atomic E-state index is 13.2. The Bertz CT molecular complexity index is 1420. The Morgan fingerprint density at radius 2 is 1.69 bits per heavy atom. The number of nitrogens with one attached hydrogen (secondary N) is 2. The van der Waals surface area contributed by atoms with Gasteiger partial charge in [-0.1, -0.05) is 12.1 Å². The molecule has 4 rings (SSSR count). The number of aryl methyl sites for hydroxylation is 4. The lowest BCUT2D eigenvalue weighted by Gasteiger charge is -2.14. The Kier molecular flexibility index (Phi) is 7.51. The molecule has 2 N–H and O–H groups in total. The summed E-state index contributed by atoms with van der Waals surface area (Å²) in [6, 6.07) is 10.0. The number of thiophene rings is 1. The van der Waals surface area contributed by atoms with Crippen LogP contribution in [0.1, 0.15) is 67.6 Å². The first-order valence-electron chi connectivity index (χ1n) is 11.9. The molecule has 7 nitrogen and oxygen atoms in total. The predicted octanol–water partition coefficient (Wildman–Crippen LogP) is 5.78. The summed E-state index contributed by atoms with van der Waals surface area (Å²) in [7, 11) is -3.94. The molecule has 0 radical (unpaired) electrons. The van der Waals surface area contributed by atoms with Crippen molar-refractivity contribution in [1.29, 1.82) is 0 Å². The molecule has 1 heterocycles. The van der Waals surface area contributed by atoms with Gasteiger partial charge in [-0.2, -0.15) is 0 Å². The quantitative estimate of drug-likeness (QED) is 0.380. The van der Waals surface area contributed by atoms with Gasteiger partial charge >= 0.3 is 5.97 Å². The van der Waals surface area contributed by atoms with Crippen molar-refractivity contribution in [1.82, 2.24) is 0 Å². The smallest absolute Gasteiger partial charge is 0.341 e. The molecule has 36 heavy (non-hydrogen) atoms. The standard InChI is InChI=1S/C27H30N2O5S2/c1-5-34-27(31)24-21-8-6-7-9-22(21)35-26(24)28-25(30)19-11-10-18(4)23(15-19)36(32,33)29-20-13-16(2)12-17(3)14-20/h10-15,29H,5-9H2,1-4H3,(H,28,30). The molecular formula is C27H30N2O5S2. The van der Waals surface area contributed by atoms with Crippen LogP contribution >= 0.6 is 11.3 Å². The van der Waals surface area contributed by atoms with Crippen LogP contribution in [0.3, 0.4) is 0 Å². The fraction of sp³-hybridized carbons (Fsp3) is 0.333. The van der Waals surface area contributed by atoms with Crippen LogP contribution in [0.15, 0.2) is 41.3 Å². The van der Waals surface area contributed by atoms with Crippen LogP contribution < -0.4 is 10.0 Å². The first-order chi connectivity index (χ1) is 17.1. The lowest BCUT2D eigenvalue weighted by Crippen LogP contribution is -2.18. The zero-order valence-corrected chi connectivity index (χ0v) is 22.5. The third-order valence-electron chi connectivity index (χ3n) is 6.09. The summed E-state index contributed by atoms with van der Waals surface area (Å²) in [6.45, 7) is 7.46. The van der Waals surface area contributed by atoms with Crippen molar-refractivity contribution in [2.24, 2.45) is 0 Å². The van der Waals surface area contributed by atoms with E-state index in [4.69, 9.17) is 4.74 Å². The van der Waals surface area contributed by atoms with E-state index in [0.29, 0.717) is 21.8 Å². The van der Waals surface area contributed by atoms with Gasteiger partial charge in [0.2, 0.25) is 0 Å². The van der Waals surface area contributed by atoms with E-state index in [0.717, 1.165) is 47.3 Å². The number of sulfonamides is 1. The Hall–Kier alpha value is -3.17. The average Bonchev–Trinajstić information content (AvgIpc) is 3.16. The third kappa shape index (κ3) is 5.47. The van der Waals surface area contributed by atoms with Crippen LogP contribution in [0, 0.1) is 20.8 Å². The molecule has 0 saturated heterocycles. The van der Waals surface area contributed by atoms with Crippen LogP contribution in [0.2, 0.25) is 0 Å². The van der Waals surface area contributed by atoms with Crippen LogP contribution in [-0.4, -0.2) is 26.9 Å². The molecule has 0 saturated carbocycles. The molecule has 0 fully saturated rings. The van der Waals surface area contributed by atoms with Crippen molar-refractivity contribution >= 4 is 43.9 Å². The minimum absolute atomic E-state index is 0.0189. The van der Waals surface area contributed by atoms with Crippen molar-refractivity contribution in [3.8, 4) is 0 Å². The minimum atomic E-state index is -3.94. The molecule has 1 amide bonds. The monoisotopic (exact) mass is 526 g/mol. The molecule has 3 aromatic rings. The van der Waals surface area contributed by atoms with Crippen LogP contribution in [0.4, 0.5) is 10.7 Å². The van der Waals surface area contributed by atoms with Gasteiger partial charge in [0.25, 0.3) is 15.9 Å². The normalized spacial score (nSPS) is 13.1. The Morgan fingerprint density at radius 3 is 2.39 bits per heavy atom. The number of rotatable bonds is 7. The number of anilines is 2. The summed E-state index contributed by atoms with van der Waals surface area (Å²) in [6.07, 6.45) is 3.65. The van der Waals surface area contributed by atoms with E-state index in [1.807, 2.05) is 19.9 Å². The van der Waals surface area contributed by atoms with E-state index >= 15 is 0 Å². The Labute approximate surface area is 215 Å². The van der Waals surface area contributed by atoms with E-state index in [9.17, 15) is 18.0 Å². The van der Waals surface area contributed by atoms with Gasteiger partial charge < -0.3 is 10.1 Å². The third-order valence-corrected chi connectivity index (χ3v) is 8.82. The number of benzene rings is 2. The van der Waals surface area contributed by atoms with Gasteiger partial charge in [0.1, 0.15) is 5.00 Å². The van der Waals surface area contributed by atoms with Crippen molar-refractivity contribution in [3.05, 3.63) is 74.7 Å². The number of carbonyl (C=O) groups excluding carboxylic acids is 2. The molecule has 0 spiro atoms. The molecule has 0 bridgehead atoms.